The number of nitrogens with one attached hydrogen (secondary N) is 1. The lowest BCUT2D eigenvalue weighted by Gasteiger charge is -2.07. The highest BCUT2D eigenvalue weighted by Gasteiger charge is 2.01. The van der Waals surface area contributed by atoms with Gasteiger partial charge in [-0.25, -0.2) is 0 Å². The summed E-state index contributed by atoms with van der Waals surface area (Å²) < 4.78 is 0. The standard InChI is InChI=1S/C19H21NOS2/c1-15(23-19-6-4-3-5-18(19)20-2)7-8-16-9-11-17(12-10-16)22-14-13-21/h3-12,20-21H,1,13-14H2,2H3/b8-7+. The second kappa shape index (κ2) is 9.50. The van der Waals surface area contributed by atoms with Crippen LogP contribution >= 0.6 is 23.5 Å². The summed E-state index contributed by atoms with van der Waals surface area (Å²) in [6.07, 6.45) is 4.10. The molecule has 0 aliphatic carbocycles. The van der Waals surface area contributed by atoms with Crippen molar-refractivity contribution >= 4 is 35.3 Å². The van der Waals surface area contributed by atoms with Gasteiger partial charge in [-0.3, -0.25) is 0 Å². The van der Waals surface area contributed by atoms with Crippen LogP contribution in [-0.4, -0.2) is 24.5 Å². The third kappa shape index (κ3) is 5.82. The number of aliphatic hydroxyl groups excluding tert-OH is 1. The number of hydrogen-bond acceptors (Lipinski definition) is 4. The highest BCUT2D eigenvalue weighted by molar-refractivity contribution is 8.03. The van der Waals surface area contributed by atoms with Crippen molar-refractivity contribution in [2.24, 2.45) is 0 Å². The Morgan fingerprint density at radius 3 is 2.61 bits per heavy atom. The molecule has 23 heavy (non-hydrogen) atoms. The molecule has 0 amide bonds. The first kappa shape index (κ1) is 17.7. The minimum atomic E-state index is 0.206. The molecule has 4 heteroatoms. The Morgan fingerprint density at radius 1 is 1.17 bits per heavy atom. The highest BCUT2D eigenvalue weighted by atomic mass is 32.2. The molecule has 2 aromatic carbocycles. The number of benzene rings is 2. The Morgan fingerprint density at radius 2 is 1.91 bits per heavy atom. The van der Waals surface area contributed by atoms with E-state index in [2.05, 4.69) is 54.4 Å². The van der Waals surface area contributed by atoms with Gasteiger partial charge in [-0.05, 0) is 35.9 Å². The first-order chi connectivity index (χ1) is 11.2. The lowest BCUT2D eigenvalue weighted by Crippen LogP contribution is -1.89. The highest BCUT2D eigenvalue weighted by Crippen LogP contribution is 2.32. The van der Waals surface area contributed by atoms with Crippen molar-refractivity contribution in [2.75, 3.05) is 24.7 Å². The maximum absolute atomic E-state index is 8.84. The number of thioether (sulfide) groups is 2. The second-order valence-corrected chi connectivity index (χ2v) is 7.13. The van der Waals surface area contributed by atoms with Gasteiger partial charge in [0.1, 0.15) is 0 Å². The van der Waals surface area contributed by atoms with Gasteiger partial charge in [0.2, 0.25) is 0 Å². The van der Waals surface area contributed by atoms with E-state index in [-0.39, 0.29) is 6.61 Å². The molecule has 0 heterocycles. The van der Waals surface area contributed by atoms with Crippen LogP contribution < -0.4 is 5.32 Å². The third-order valence-electron chi connectivity index (χ3n) is 3.10. The molecule has 2 rings (SSSR count). The van der Waals surface area contributed by atoms with Crippen LogP contribution in [0, 0.1) is 0 Å². The first-order valence-corrected chi connectivity index (χ1v) is 9.18. The fourth-order valence-corrected chi connectivity index (χ4v) is 3.47. The number of para-hydroxylation sites is 1. The summed E-state index contributed by atoms with van der Waals surface area (Å²) in [5, 5.41) is 12.0. The molecule has 0 saturated heterocycles. The normalized spacial score (nSPS) is 10.9. The summed E-state index contributed by atoms with van der Waals surface area (Å²) >= 11 is 3.31. The summed E-state index contributed by atoms with van der Waals surface area (Å²) in [5.41, 5.74) is 2.25. The minimum absolute atomic E-state index is 0.206. The van der Waals surface area contributed by atoms with Crippen molar-refractivity contribution in [3.63, 3.8) is 0 Å². The van der Waals surface area contributed by atoms with E-state index >= 15 is 0 Å². The maximum Gasteiger partial charge on any atom is 0.0525 e. The molecule has 0 radical (unpaired) electrons. The van der Waals surface area contributed by atoms with E-state index in [9.17, 15) is 0 Å². The van der Waals surface area contributed by atoms with Gasteiger partial charge in [-0.15, -0.1) is 11.8 Å². The second-order valence-electron chi connectivity index (χ2n) is 4.79. The molecule has 120 valence electrons. The van der Waals surface area contributed by atoms with Gasteiger partial charge in [-0.2, -0.15) is 0 Å². The number of aliphatic hydroxyl groups is 1. The van der Waals surface area contributed by atoms with Crippen molar-refractivity contribution in [2.45, 2.75) is 9.79 Å². The van der Waals surface area contributed by atoms with Crippen molar-refractivity contribution in [3.05, 3.63) is 71.7 Å². The van der Waals surface area contributed by atoms with Crippen molar-refractivity contribution in [3.8, 4) is 0 Å². The fraction of sp³-hybridized carbons (Fsp3) is 0.158. The summed E-state index contributed by atoms with van der Waals surface area (Å²) in [5.74, 6) is 0.730. The van der Waals surface area contributed by atoms with Crippen molar-refractivity contribution in [1.82, 2.24) is 0 Å². The molecular weight excluding hydrogens is 322 g/mol. The van der Waals surface area contributed by atoms with Crippen LogP contribution in [0.1, 0.15) is 5.56 Å². The molecule has 0 aromatic heterocycles. The SMILES string of the molecule is C=C(/C=C/c1ccc(SCCO)cc1)Sc1ccccc1NC. The zero-order valence-electron chi connectivity index (χ0n) is 13.2. The maximum atomic E-state index is 8.84. The van der Waals surface area contributed by atoms with Gasteiger partial charge in [0, 0.05) is 33.2 Å². The van der Waals surface area contributed by atoms with E-state index in [1.54, 1.807) is 23.5 Å². The molecule has 0 aliphatic rings. The predicted molar refractivity (Wildman–Crippen MR) is 104 cm³/mol. The zero-order chi connectivity index (χ0) is 16.5. The van der Waals surface area contributed by atoms with Crippen molar-refractivity contribution in [1.29, 1.82) is 0 Å². The molecule has 2 N–H and O–H groups in total. The average Bonchev–Trinajstić information content (AvgIpc) is 2.59. The topological polar surface area (TPSA) is 32.3 Å². The Kier molecular flexibility index (Phi) is 7.33. The minimum Gasteiger partial charge on any atom is -0.396 e. The molecule has 2 nitrogen and oxygen atoms in total. The lowest BCUT2D eigenvalue weighted by molar-refractivity contribution is 0.322. The first-order valence-electron chi connectivity index (χ1n) is 7.38. The summed E-state index contributed by atoms with van der Waals surface area (Å²) in [7, 11) is 1.92. The predicted octanol–water partition coefficient (Wildman–Crippen LogP) is 5.13. The summed E-state index contributed by atoms with van der Waals surface area (Å²) in [4.78, 5) is 3.33. The zero-order valence-corrected chi connectivity index (χ0v) is 14.8. The number of allylic oxidation sites excluding steroid dienone is 1. The van der Waals surface area contributed by atoms with E-state index in [4.69, 9.17) is 5.11 Å². The molecule has 0 bridgehead atoms. The van der Waals surface area contributed by atoms with E-state index in [1.807, 2.05) is 25.3 Å². The molecule has 0 fully saturated rings. The van der Waals surface area contributed by atoms with Crippen LogP contribution in [0.4, 0.5) is 5.69 Å². The van der Waals surface area contributed by atoms with Crippen LogP contribution in [0.15, 0.2) is 75.9 Å². The van der Waals surface area contributed by atoms with Gasteiger partial charge in [0.05, 0.1) is 6.61 Å². The Bertz CT molecular complexity index is 665. The molecular formula is C19H21NOS2. The summed E-state index contributed by atoms with van der Waals surface area (Å²) in [6, 6.07) is 16.5. The quantitative estimate of drug-likeness (QED) is 0.514. The Labute approximate surface area is 146 Å². The third-order valence-corrected chi connectivity index (χ3v) is 5.07. The number of anilines is 1. The smallest absolute Gasteiger partial charge is 0.0525 e. The average molecular weight is 344 g/mol. The van der Waals surface area contributed by atoms with Crippen LogP contribution in [0.5, 0.6) is 0 Å². The van der Waals surface area contributed by atoms with E-state index in [0.717, 1.165) is 21.9 Å². The molecule has 0 saturated carbocycles. The van der Waals surface area contributed by atoms with Crippen LogP contribution in [0.2, 0.25) is 0 Å². The number of rotatable bonds is 8. The van der Waals surface area contributed by atoms with Crippen LogP contribution in [0.3, 0.4) is 0 Å². The molecule has 0 aliphatic heterocycles. The number of hydrogen-bond donors (Lipinski definition) is 2. The van der Waals surface area contributed by atoms with Gasteiger partial charge in [0.15, 0.2) is 0 Å². The largest absolute Gasteiger partial charge is 0.396 e. The van der Waals surface area contributed by atoms with Gasteiger partial charge in [0.25, 0.3) is 0 Å². The van der Waals surface area contributed by atoms with E-state index in [1.165, 1.54) is 9.79 Å². The fourth-order valence-electron chi connectivity index (χ4n) is 1.97. The molecule has 0 spiro atoms. The van der Waals surface area contributed by atoms with Crippen molar-refractivity contribution < 1.29 is 5.11 Å². The van der Waals surface area contributed by atoms with Crippen LogP contribution in [-0.2, 0) is 0 Å². The lowest BCUT2D eigenvalue weighted by atomic mass is 10.2. The van der Waals surface area contributed by atoms with Gasteiger partial charge >= 0.3 is 0 Å². The summed E-state index contributed by atoms with van der Waals surface area (Å²) in [6.45, 7) is 4.32. The van der Waals surface area contributed by atoms with Gasteiger partial charge < -0.3 is 10.4 Å². The van der Waals surface area contributed by atoms with E-state index < -0.39 is 0 Å². The molecule has 0 unspecified atom stereocenters. The van der Waals surface area contributed by atoms with Crippen LogP contribution in [0.25, 0.3) is 6.08 Å². The Balaban J connectivity index is 1.95. The Hall–Kier alpha value is -1.62. The van der Waals surface area contributed by atoms with Gasteiger partial charge in [-0.1, -0.05) is 48.7 Å². The molecule has 2 aromatic rings. The van der Waals surface area contributed by atoms with E-state index in [0.29, 0.717) is 0 Å². The molecule has 0 atom stereocenters. The monoisotopic (exact) mass is 343 g/mol.